The number of hydrogen-bond donors (Lipinski definition) is 1. The molecule has 3 heterocycles. The van der Waals surface area contributed by atoms with Crippen molar-refractivity contribution in [3.8, 4) is 0 Å². The lowest BCUT2D eigenvalue weighted by molar-refractivity contribution is 0.0694. The molecule has 0 atom stereocenters. The van der Waals surface area contributed by atoms with Crippen molar-refractivity contribution >= 4 is 17.2 Å². The summed E-state index contributed by atoms with van der Waals surface area (Å²) in [4.78, 5) is 24.4. The number of aromatic amines is 1. The van der Waals surface area contributed by atoms with E-state index in [1.165, 1.54) is 24.2 Å². The number of piperidine rings is 1. The zero-order chi connectivity index (χ0) is 16.7. The average molecular weight is 345 g/mol. The van der Waals surface area contributed by atoms with E-state index in [-0.39, 0.29) is 5.91 Å². The molecule has 1 amide bonds. The van der Waals surface area contributed by atoms with Gasteiger partial charge in [-0.25, -0.2) is 9.97 Å². The maximum Gasteiger partial charge on any atom is 0.265 e. The van der Waals surface area contributed by atoms with Crippen LogP contribution in [0.25, 0.3) is 0 Å². The molecule has 1 aliphatic heterocycles. The van der Waals surface area contributed by atoms with E-state index in [2.05, 4.69) is 20.2 Å². The van der Waals surface area contributed by atoms with E-state index in [1.54, 1.807) is 0 Å². The first-order valence-corrected chi connectivity index (χ1v) is 9.56. The maximum atomic E-state index is 12.7. The van der Waals surface area contributed by atoms with Crippen LogP contribution in [0.2, 0.25) is 0 Å². The highest BCUT2D eigenvalue weighted by atomic mass is 32.1. The van der Waals surface area contributed by atoms with Gasteiger partial charge in [0, 0.05) is 25.4 Å². The average Bonchev–Trinajstić information content (AvgIpc) is 3.23. The Labute approximate surface area is 145 Å². The van der Waals surface area contributed by atoms with E-state index in [1.807, 2.05) is 18.7 Å². The molecule has 1 N–H and O–H groups in total. The summed E-state index contributed by atoms with van der Waals surface area (Å²) in [5.74, 6) is 3.33. The van der Waals surface area contributed by atoms with Gasteiger partial charge in [0.05, 0.1) is 10.7 Å². The molecule has 1 aliphatic carbocycles. The second-order valence-corrected chi connectivity index (χ2v) is 8.20. The molecule has 2 aromatic rings. The van der Waals surface area contributed by atoms with Crippen molar-refractivity contribution < 1.29 is 4.79 Å². The molecule has 6 nitrogen and oxygen atoms in total. The van der Waals surface area contributed by atoms with Gasteiger partial charge in [-0.1, -0.05) is 0 Å². The number of aryl methyl sites for hydroxylation is 2. The van der Waals surface area contributed by atoms with Crippen molar-refractivity contribution in [2.45, 2.75) is 51.9 Å². The molecule has 4 rings (SSSR count). The van der Waals surface area contributed by atoms with Gasteiger partial charge in [0.15, 0.2) is 5.82 Å². The topological polar surface area (TPSA) is 74.8 Å². The Morgan fingerprint density at radius 3 is 2.58 bits per heavy atom. The third kappa shape index (κ3) is 3.22. The Kier molecular flexibility index (Phi) is 4.12. The maximum absolute atomic E-state index is 12.7. The van der Waals surface area contributed by atoms with E-state index in [0.717, 1.165) is 59.6 Å². The molecule has 128 valence electrons. The number of hydrogen-bond acceptors (Lipinski definition) is 5. The van der Waals surface area contributed by atoms with Crippen LogP contribution in [0.4, 0.5) is 0 Å². The first kappa shape index (κ1) is 15.7. The van der Waals surface area contributed by atoms with Gasteiger partial charge in [-0.3, -0.25) is 9.89 Å². The van der Waals surface area contributed by atoms with E-state index in [9.17, 15) is 4.79 Å². The largest absolute Gasteiger partial charge is 0.338 e. The summed E-state index contributed by atoms with van der Waals surface area (Å²) in [7, 11) is 0. The van der Waals surface area contributed by atoms with Gasteiger partial charge in [0.2, 0.25) is 0 Å². The highest BCUT2D eigenvalue weighted by Crippen LogP contribution is 2.38. The number of carbonyl (C=O) groups excluding carboxylic acids is 1. The van der Waals surface area contributed by atoms with E-state index >= 15 is 0 Å². The van der Waals surface area contributed by atoms with E-state index in [4.69, 9.17) is 0 Å². The van der Waals surface area contributed by atoms with Gasteiger partial charge in [0.25, 0.3) is 5.91 Å². The summed E-state index contributed by atoms with van der Waals surface area (Å²) in [6, 6.07) is 0. The molecular weight excluding hydrogens is 322 g/mol. The molecule has 0 aromatic carbocycles. The number of aromatic nitrogens is 4. The minimum atomic E-state index is 0.146. The second-order valence-electron chi connectivity index (χ2n) is 7.00. The summed E-state index contributed by atoms with van der Waals surface area (Å²) in [6.07, 6.45) is 5.47. The minimum Gasteiger partial charge on any atom is -0.338 e. The number of H-pyrrole nitrogens is 1. The standard InChI is InChI=1S/C17H23N5OS/c1-10-15(24-11(2)18-10)17(23)22-7-5-12(6-8-22)9-14-19-16(21-20-14)13-3-4-13/h12-13H,3-9H2,1-2H3,(H,19,20,21). The number of amides is 1. The molecule has 7 heteroatoms. The van der Waals surface area contributed by atoms with Crippen molar-refractivity contribution in [3.63, 3.8) is 0 Å². The zero-order valence-corrected chi connectivity index (χ0v) is 15.0. The predicted molar refractivity (Wildman–Crippen MR) is 92.3 cm³/mol. The van der Waals surface area contributed by atoms with Gasteiger partial charge >= 0.3 is 0 Å². The van der Waals surface area contributed by atoms with Crippen LogP contribution in [0.3, 0.4) is 0 Å². The second kappa shape index (κ2) is 6.27. The van der Waals surface area contributed by atoms with Gasteiger partial charge in [-0.15, -0.1) is 11.3 Å². The first-order valence-electron chi connectivity index (χ1n) is 8.74. The predicted octanol–water partition coefficient (Wildman–Crippen LogP) is 2.85. The van der Waals surface area contributed by atoms with Gasteiger partial charge in [-0.2, -0.15) is 5.10 Å². The molecule has 2 aliphatic rings. The third-order valence-corrected chi connectivity index (χ3v) is 6.03. The summed E-state index contributed by atoms with van der Waals surface area (Å²) in [6.45, 7) is 5.52. The Hall–Kier alpha value is -1.76. The summed E-state index contributed by atoms with van der Waals surface area (Å²) in [5, 5.41) is 8.39. The molecule has 24 heavy (non-hydrogen) atoms. The quantitative estimate of drug-likeness (QED) is 0.924. The molecule has 0 radical (unpaired) electrons. The van der Waals surface area contributed by atoms with E-state index in [0.29, 0.717) is 11.8 Å². The van der Waals surface area contributed by atoms with Crippen LogP contribution in [0.1, 0.15) is 63.6 Å². The normalized spacial score (nSPS) is 19.0. The van der Waals surface area contributed by atoms with Crippen molar-refractivity contribution in [2.24, 2.45) is 5.92 Å². The number of carbonyl (C=O) groups is 1. The fraction of sp³-hybridized carbons (Fsp3) is 0.647. The number of nitrogens with zero attached hydrogens (tertiary/aromatic N) is 4. The lowest BCUT2D eigenvalue weighted by Crippen LogP contribution is -2.38. The van der Waals surface area contributed by atoms with Crippen LogP contribution in [-0.2, 0) is 6.42 Å². The lowest BCUT2D eigenvalue weighted by Gasteiger charge is -2.31. The minimum absolute atomic E-state index is 0.146. The smallest absolute Gasteiger partial charge is 0.265 e. The van der Waals surface area contributed by atoms with Gasteiger partial charge in [-0.05, 0) is 45.4 Å². The molecule has 0 bridgehead atoms. The molecule has 2 fully saturated rings. The van der Waals surface area contributed by atoms with Crippen LogP contribution < -0.4 is 0 Å². The van der Waals surface area contributed by atoms with Crippen molar-refractivity contribution in [1.29, 1.82) is 0 Å². The molecule has 1 saturated heterocycles. The third-order valence-electron chi connectivity index (χ3n) is 4.97. The highest BCUT2D eigenvalue weighted by molar-refractivity contribution is 7.13. The van der Waals surface area contributed by atoms with Crippen LogP contribution >= 0.6 is 11.3 Å². The van der Waals surface area contributed by atoms with Crippen LogP contribution in [0.5, 0.6) is 0 Å². The van der Waals surface area contributed by atoms with Gasteiger partial charge in [0.1, 0.15) is 10.7 Å². The molecule has 1 saturated carbocycles. The Morgan fingerprint density at radius 1 is 1.21 bits per heavy atom. The monoisotopic (exact) mass is 345 g/mol. The molecule has 2 aromatic heterocycles. The Morgan fingerprint density at radius 2 is 1.96 bits per heavy atom. The number of thiazole rings is 1. The van der Waals surface area contributed by atoms with E-state index < -0.39 is 0 Å². The summed E-state index contributed by atoms with van der Waals surface area (Å²) >= 11 is 1.51. The van der Waals surface area contributed by atoms with Crippen molar-refractivity contribution in [1.82, 2.24) is 25.1 Å². The van der Waals surface area contributed by atoms with Crippen molar-refractivity contribution in [3.05, 3.63) is 27.2 Å². The highest BCUT2D eigenvalue weighted by Gasteiger charge is 2.29. The van der Waals surface area contributed by atoms with Gasteiger partial charge < -0.3 is 4.90 Å². The lowest BCUT2D eigenvalue weighted by atomic mass is 9.93. The molecule has 0 unspecified atom stereocenters. The first-order chi connectivity index (χ1) is 11.6. The molecular formula is C17H23N5OS. The molecule has 0 spiro atoms. The Balaban J connectivity index is 1.32. The number of likely N-dealkylation sites (tertiary alicyclic amines) is 1. The Bertz CT molecular complexity index is 740. The number of rotatable bonds is 4. The van der Waals surface area contributed by atoms with Crippen LogP contribution in [-0.4, -0.2) is 44.1 Å². The summed E-state index contributed by atoms with van der Waals surface area (Å²) in [5.41, 5.74) is 0.860. The SMILES string of the molecule is Cc1nc(C)c(C(=O)N2CCC(Cc3nc(C4CC4)n[nH]3)CC2)s1. The zero-order valence-electron chi connectivity index (χ0n) is 14.2. The van der Waals surface area contributed by atoms with Crippen LogP contribution in [0.15, 0.2) is 0 Å². The number of nitrogens with one attached hydrogen (secondary N) is 1. The fourth-order valence-corrected chi connectivity index (χ4v) is 4.30. The van der Waals surface area contributed by atoms with Crippen molar-refractivity contribution in [2.75, 3.05) is 13.1 Å². The van der Waals surface area contributed by atoms with Crippen LogP contribution in [0, 0.1) is 19.8 Å². The summed E-state index contributed by atoms with van der Waals surface area (Å²) < 4.78 is 0. The fourth-order valence-electron chi connectivity index (χ4n) is 3.41.